The third-order valence-corrected chi connectivity index (χ3v) is 14.1. The number of carbonyl (C=O) groups is 3. The quantitative estimate of drug-likeness (QED) is 0.109. The highest BCUT2D eigenvalue weighted by molar-refractivity contribution is 6.40. The number of aliphatic hydroxyl groups is 2. The van der Waals surface area contributed by atoms with Crippen molar-refractivity contribution in [3.63, 3.8) is 0 Å². The Hall–Kier alpha value is -6.09. The molecule has 3 N–H and O–H groups in total. The number of aliphatic hydroxyl groups excluding tert-OH is 2. The number of para-hydroxylation sites is 1. The molecule has 8 rings (SSSR count). The number of benzene rings is 3. The molecule has 0 unspecified atom stereocenters. The number of unbranched alkanes of at least 4 members (excludes halogenated alkanes) is 3. The number of hydrogen-bond acceptors (Lipinski definition) is 6. The largest absolute Gasteiger partial charge is 0.506 e. The molecule has 0 spiro atoms. The van der Waals surface area contributed by atoms with Crippen molar-refractivity contribution in [2.45, 2.75) is 117 Å². The van der Waals surface area contributed by atoms with Crippen molar-refractivity contribution < 1.29 is 38.9 Å². The van der Waals surface area contributed by atoms with Crippen LogP contribution in [0.25, 0.3) is 5.57 Å². The molecule has 0 radical (unpaired) electrons. The summed E-state index contributed by atoms with van der Waals surface area (Å²) in [5, 5.41) is 33.1. The van der Waals surface area contributed by atoms with Gasteiger partial charge in [0.25, 0.3) is 0 Å². The molecule has 5 aliphatic rings. The minimum Gasteiger partial charge on any atom is -0.506 e. The van der Waals surface area contributed by atoms with Crippen molar-refractivity contribution in [2.75, 3.05) is 24.5 Å². The van der Waals surface area contributed by atoms with Crippen LogP contribution < -0.4 is 4.90 Å². The smallest absolute Gasteiger partial charge is 0.335 e. The van der Waals surface area contributed by atoms with Crippen molar-refractivity contribution in [3.8, 4) is 0 Å². The average Bonchev–Trinajstić information content (AvgIpc) is 3.71. The zero-order valence-electron chi connectivity index (χ0n) is 38.3. The molecule has 0 aromatic heterocycles. The molecule has 3 heterocycles. The Labute approximate surface area is 371 Å². The predicted molar refractivity (Wildman–Crippen MR) is 250 cm³/mol. The molecule has 0 amide bonds. The lowest BCUT2D eigenvalue weighted by Crippen LogP contribution is -2.32. The fourth-order valence-corrected chi connectivity index (χ4v) is 10.3. The second-order valence-corrected chi connectivity index (χ2v) is 19.2. The van der Waals surface area contributed by atoms with Gasteiger partial charge < -0.3 is 20.2 Å². The van der Waals surface area contributed by atoms with Gasteiger partial charge in [-0.05, 0) is 81.7 Å². The van der Waals surface area contributed by atoms with E-state index in [4.69, 9.17) is 0 Å². The van der Waals surface area contributed by atoms with Crippen LogP contribution in [0.3, 0.4) is 0 Å². The SMILES string of the molecule is CCCCN1/C(=C/C2=C(O)C(=C\C3=[N+](CCCC)c4ccc(C5=C(O)/C(=C\C6=[N+](CCCC)c7ccc(C(=O)O)cc7C6(C)C)C5=O)cc4C3(C)C)/C2=O)C(C)(C)c2ccccc21. The van der Waals surface area contributed by atoms with Crippen molar-refractivity contribution in [1.29, 1.82) is 0 Å². The van der Waals surface area contributed by atoms with E-state index >= 15 is 0 Å². The Morgan fingerprint density at radius 3 is 1.76 bits per heavy atom. The first-order valence-electron chi connectivity index (χ1n) is 22.7. The zero-order chi connectivity index (χ0) is 45.3. The Morgan fingerprint density at radius 2 is 1.21 bits per heavy atom. The topological polar surface area (TPSA) is 121 Å². The van der Waals surface area contributed by atoms with Crippen molar-refractivity contribution in [1.82, 2.24) is 0 Å². The minimum atomic E-state index is -0.995. The minimum absolute atomic E-state index is 0.00142. The normalized spacial score (nSPS) is 21.2. The molecule has 3 aromatic carbocycles. The highest BCUT2D eigenvalue weighted by Gasteiger charge is 2.50. The number of rotatable bonds is 14. The van der Waals surface area contributed by atoms with E-state index in [0.29, 0.717) is 29.8 Å². The molecule has 63 heavy (non-hydrogen) atoms. The highest BCUT2D eigenvalue weighted by Crippen LogP contribution is 2.50. The van der Waals surface area contributed by atoms with Crippen LogP contribution in [0.15, 0.2) is 113 Å². The number of nitrogens with zero attached hydrogens (tertiary/aromatic N) is 3. The van der Waals surface area contributed by atoms with Gasteiger partial charge >= 0.3 is 5.97 Å². The van der Waals surface area contributed by atoms with Gasteiger partial charge in [-0.25, -0.2) is 4.79 Å². The fourth-order valence-electron chi connectivity index (χ4n) is 10.3. The number of carboxylic acids is 1. The van der Waals surface area contributed by atoms with Crippen LogP contribution >= 0.6 is 0 Å². The summed E-state index contributed by atoms with van der Waals surface area (Å²) < 4.78 is 4.39. The van der Waals surface area contributed by atoms with E-state index in [9.17, 15) is 29.7 Å². The van der Waals surface area contributed by atoms with Crippen molar-refractivity contribution >= 4 is 51.6 Å². The first kappa shape index (κ1) is 43.6. The predicted octanol–water partition coefficient (Wildman–Crippen LogP) is 11.0. The molecule has 9 heteroatoms. The lowest BCUT2D eigenvalue weighted by molar-refractivity contribution is -0.438. The van der Waals surface area contributed by atoms with Crippen LogP contribution in [0, 0.1) is 0 Å². The molecular weight excluding hydrogens is 787 g/mol. The second kappa shape index (κ2) is 15.9. The number of carbonyl (C=O) groups excluding carboxylic acids is 2. The van der Waals surface area contributed by atoms with Gasteiger partial charge in [-0.3, -0.25) is 9.59 Å². The van der Waals surface area contributed by atoms with Crippen LogP contribution in [0.2, 0.25) is 0 Å². The maximum absolute atomic E-state index is 14.1. The van der Waals surface area contributed by atoms with Gasteiger partial charge in [0.15, 0.2) is 11.4 Å². The highest BCUT2D eigenvalue weighted by atomic mass is 16.4. The van der Waals surface area contributed by atoms with Crippen molar-refractivity contribution in [3.05, 3.63) is 141 Å². The molecule has 0 atom stereocenters. The zero-order valence-corrected chi connectivity index (χ0v) is 38.3. The number of ketones is 2. The van der Waals surface area contributed by atoms with Crippen molar-refractivity contribution in [2.24, 2.45) is 0 Å². The summed E-state index contributed by atoms with van der Waals surface area (Å²) >= 11 is 0. The number of hydrogen-bond donors (Lipinski definition) is 3. The lowest BCUT2D eigenvalue weighted by atomic mass is 9.75. The van der Waals surface area contributed by atoms with E-state index < -0.39 is 16.8 Å². The first-order chi connectivity index (χ1) is 29.9. The van der Waals surface area contributed by atoms with Crippen LogP contribution in [0.4, 0.5) is 17.1 Å². The summed E-state index contributed by atoms with van der Waals surface area (Å²) in [6.07, 6.45) is 11.3. The van der Waals surface area contributed by atoms with E-state index in [-0.39, 0.29) is 45.2 Å². The Balaban J connectivity index is 1.14. The van der Waals surface area contributed by atoms with Gasteiger partial charge in [0.1, 0.15) is 24.6 Å². The average molecular weight is 848 g/mol. The second-order valence-electron chi connectivity index (χ2n) is 19.2. The molecule has 3 aliphatic heterocycles. The molecule has 0 saturated carbocycles. The molecule has 3 aromatic rings. The molecule has 9 nitrogen and oxygen atoms in total. The Bertz CT molecular complexity index is 2750. The summed E-state index contributed by atoms with van der Waals surface area (Å²) in [5.41, 5.74) is 9.14. The summed E-state index contributed by atoms with van der Waals surface area (Å²) in [6, 6.07) is 19.4. The Morgan fingerprint density at radius 1 is 0.651 bits per heavy atom. The summed E-state index contributed by atoms with van der Waals surface area (Å²) in [7, 11) is 0. The Kier molecular flexibility index (Phi) is 11.0. The molecule has 326 valence electrons. The number of Topliss-reactive ketones (excluding diaryl/α,β-unsaturated/α-hetero) is 2. The maximum Gasteiger partial charge on any atom is 0.335 e. The summed E-state index contributed by atoms with van der Waals surface area (Å²) in [5.74, 6) is -1.50. The fraction of sp³-hybridized carbons (Fsp3) is 0.389. The molecule has 2 aliphatic carbocycles. The number of aromatic carboxylic acids is 1. The van der Waals surface area contributed by atoms with Crippen LogP contribution in [0.5, 0.6) is 0 Å². The molecule has 0 fully saturated rings. The summed E-state index contributed by atoms with van der Waals surface area (Å²) in [4.78, 5) is 42.5. The van der Waals surface area contributed by atoms with Gasteiger partial charge in [-0.1, -0.05) is 72.1 Å². The van der Waals surface area contributed by atoms with Gasteiger partial charge in [0.2, 0.25) is 22.9 Å². The first-order valence-corrected chi connectivity index (χ1v) is 22.7. The summed E-state index contributed by atoms with van der Waals surface area (Å²) in [6.45, 7) is 21.3. The third-order valence-electron chi connectivity index (χ3n) is 14.1. The molecule has 0 bridgehead atoms. The van der Waals surface area contributed by atoms with Gasteiger partial charge in [0, 0.05) is 71.6 Å². The van der Waals surface area contributed by atoms with E-state index in [1.54, 1.807) is 18.2 Å². The van der Waals surface area contributed by atoms with Crippen LogP contribution in [0.1, 0.15) is 133 Å². The standard InChI is InChI=1S/C54H59N3O6/c1-10-13-24-55-40-19-17-16-18-37(40)52(4,5)43(55)29-34-47(58)35(48(34)59)30-44-53(6,7)38-27-32(20-22-41(38)56(44)25-14-11-2)46-49(60)36(50(46)61)31-45-54(8,9)39-28-33(51(62)63)21-23-42(39)57(45)26-15-12-3/h16-23,27-31H,10-15,24-26H2,1-9H3,(H-2,58,59,60,61,62,63)/p+2. The van der Waals surface area contributed by atoms with E-state index in [2.05, 4.69) is 80.7 Å². The number of fused-ring (bicyclic) bond motifs is 3. The van der Waals surface area contributed by atoms with E-state index in [1.165, 1.54) is 5.56 Å². The van der Waals surface area contributed by atoms with Gasteiger partial charge in [-0.2, -0.15) is 9.15 Å². The lowest BCUT2D eigenvalue weighted by Gasteiger charge is -2.29. The maximum atomic E-state index is 14.1. The van der Waals surface area contributed by atoms with Gasteiger partial charge in [-0.15, -0.1) is 0 Å². The number of anilines is 1. The third kappa shape index (κ3) is 6.77. The molecular formula is C54H61N3O6+2. The number of carboxylic acid groups (broad SMARTS) is 1. The van der Waals surface area contributed by atoms with E-state index in [0.717, 1.165) is 90.4 Å². The molecule has 0 saturated heterocycles. The monoisotopic (exact) mass is 847 g/mol. The van der Waals surface area contributed by atoms with Gasteiger partial charge in [0.05, 0.1) is 38.7 Å². The van der Waals surface area contributed by atoms with E-state index in [1.807, 2.05) is 56.3 Å². The van der Waals surface area contributed by atoms with Crippen LogP contribution in [-0.2, 0) is 25.8 Å². The van der Waals surface area contributed by atoms with Crippen LogP contribution in [-0.4, -0.2) is 73.1 Å². The number of allylic oxidation sites excluding steroid dienone is 8.